The zero-order valence-corrected chi connectivity index (χ0v) is 13.3. The number of phenols is 1. The molecule has 1 aromatic heterocycles. The lowest BCUT2D eigenvalue weighted by Crippen LogP contribution is -2.05. The van der Waals surface area contributed by atoms with Gasteiger partial charge >= 0.3 is 6.18 Å². The molecule has 1 heterocycles. The third-order valence-corrected chi connectivity index (χ3v) is 3.70. The predicted octanol–water partition coefficient (Wildman–Crippen LogP) is 5.27. The second kappa shape index (κ2) is 6.60. The van der Waals surface area contributed by atoms with E-state index in [0.717, 1.165) is 12.1 Å². The van der Waals surface area contributed by atoms with Crippen molar-refractivity contribution in [3.05, 3.63) is 65.4 Å². The van der Waals surface area contributed by atoms with Crippen LogP contribution in [0.1, 0.15) is 5.56 Å². The average Bonchev–Trinajstić information content (AvgIpc) is 2.58. The number of nitrogens with zero attached hydrogens (tertiary/aromatic N) is 2. The maximum atomic E-state index is 12.6. The van der Waals surface area contributed by atoms with Crippen LogP contribution in [0.5, 0.6) is 5.75 Å². The second-order valence-corrected chi connectivity index (χ2v) is 5.53. The smallest absolute Gasteiger partial charge is 0.416 e. The van der Waals surface area contributed by atoms with E-state index in [2.05, 4.69) is 15.3 Å². The van der Waals surface area contributed by atoms with Crippen molar-refractivity contribution in [3.8, 4) is 17.0 Å². The van der Waals surface area contributed by atoms with Crippen LogP contribution in [0.2, 0.25) is 5.02 Å². The lowest BCUT2D eigenvalue weighted by molar-refractivity contribution is -0.137. The first-order valence-corrected chi connectivity index (χ1v) is 7.46. The number of phenolic OH excluding ortho intramolecular Hbond substituents is 1. The van der Waals surface area contributed by atoms with Crippen molar-refractivity contribution in [1.29, 1.82) is 0 Å². The Morgan fingerprint density at radius 3 is 2.28 bits per heavy atom. The second-order valence-electron chi connectivity index (χ2n) is 5.12. The number of rotatable bonds is 3. The molecular weight excluding hydrogens is 355 g/mol. The van der Waals surface area contributed by atoms with Gasteiger partial charge in [0.1, 0.15) is 11.4 Å². The number of halogens is 4. The van der Waals surface area contributed by atoms with Gasteiger partial charge in [-0.1, -0.05) is 11.6 Å². The molecule has 0 unspecified atom stereocenters. The number of hydrogen-bond acceptors (Lipinski definition) is 4. The summed E-state index contributed by atoms with van der Waals surface area (Å²) in [5.41, 5.74) is 0.747. The Bertz CT molecular complexity index is 898. The molecule has 0 bridgehead atoms. The topological polar surface area (TPSA) is 58.0 Å². The van der Waals surface area contributed by atoms with Gasteiger partial charge in [-0.3, -0.25) is 4.98 Å². The molecular formula is C17H11ClF3N3O. The van der Waals surface area contributed by atoms with E-state index in [9.17, 15) is 18.3 Å². The normalized spacial score (nSPS) is 11.4. The minimum atomic E-state index is -4.39. The molecule has 0 aliphatic heterocycles. The number of alkyl halides is 3. The van der Waals surface area contributed by atoms with Crippen LogP contribution in [0.4, 0.5) is 24.7 Å². The summed E-state index contributed by atoms with van der Waals surface area (Å²) in [6.45, 7) is 0. The summed E-state index contributed by atoms with van der Waals surface area (Å²) in [7, 11) is 0. The summed E-state index contributed by atoms with van der Waals surface area (Å²) in [5, 5.41) is 12.6. The van der Waals surface area contributed by atoms with E-state index in [1.807, 2.05) is 0 Å². The van der Waals surface area contributed by atoms with Crippen molar-refractivity contribution < 1.29 is 18.3 Å². The van der Waals surface area contributed by atoms with Crippen LogP contribution in [0.25, 0.3) is 11.3 Å². The highest BCUT2D eigenvalue weighted by Gasteiger charge is 2.29. The van der Waals surface area contributed by atoms with Gasteiger partial charge in [-0.05, 0) is 42.5 Å². The molecule has 0 radical (unpaired) electrons. The van der Waals surface area contributed by atoms with Gasteiger partial charge in [-0.25, -0.2) is 4.98 Å². The Morgan fingerprint density at radius 1 is 0.960 bits per heavy atom. The van der Waals surface area contributed by atoms with Crippen molar-refractivity contribution in [2.75, 3.05) is 5.32 Å². The molecule has 8 heteroatoms. The highest BCUT2D eigenvalue weighted by Crippen LogP contribution is 2.33. The summed E-state index contributed by atoms with van der Waals surface area (Å²) < 4.78 is 37.9. The van der Waals surface area contributed by atoms with Gasteiger partial charge in [0.25, 0.3) is 0 Å². The Labute approximate surface area is 145 Å². The maximum absolute atomic E-state index is 12.6. The summed E-state index contributed by atoms with van der Waals surface area (Å²) in [4.78, 5) is 8.40. The summed E-state index contributed by atoms with van der Waals surface area (Å²) in [5.74, 6) is 0.288. The van der Waals surface area contributed by atoms with Crippen LogP contribution in [0.3, 0.4) is 0 Å². The third-order valence-electron chi connectivity index (χ3n) is 3.39. The average molecular weight is 366 g/mol. The number of nitrogens with one attached hydrogen (secondary N) is 1. The van der Waals surface area contributed by atoms with E-state index in [4.69, 9.17) is 11.6 Å². The van der Waals surface area contributed by atoms with Gasteiger partial charge in [0.15, 0.2) is 5.82 Å². The molecule has 0 saturated heterocycles. The van der Waals surface area contributed by atoms with Crippen molar-refractivity contribution in [3.63, 3.8) is 0 Å². The van der Waals surface area contributed by atoms with Gasteiger partial charge < -0.3 is 10.4 Å². The van der Waals surface area contributed by atoms with Crippen molar-refractivity contribution in [2.24, 2.45) is 0 Å². The largest absolute Gasteiger partial charge is 0.506 e. The molecule has 3 aromatic rings. The molecule has 0 saturated carbocycles. The highest BCUT2D eigenvalue weighted by molar-refractivity contribution is 6.32. The Balaban J connectivity index is 1.92. The van der Waals surface area contributed by atoms with Gasteiger partial charge in [0.2, 0.25) is 0 Å². The fourth-order valence-corrected chi connectivity index (χ4v) is 2.35. The molecule has 25 heavy (non-hydrogen) atoms. The first kappa shape index (κ1) is 17.0. The van der Waals surface area contributed by atoms with E-state index in [1.54, 1.807) is 6.07 Å². The summed E-state index contributed by atoms with van der Waals surface area (Å²) >= 11 is 5.91. The van der Waals surface area contributed by atoms with Crippen LogP contribution in [0.15, 0.2) is 54.9 Å². The minimum Gasteiger partial charge on any atom is -0.506 e. The van der Waals surface area contributed by atoms with Gasteiger partial charge in [0, 0.05) is 23.6 Å². The Morgan fingerprint density at radius 2 is 1.64 bits per heavy atom. The molecule has 0 atom stereocenters. The van der Waals surface area contributed by atoms with E-state index in [0.29, 0.717) is 22.8 Å². The molecule has 3 rings (SSSR count). The highest BCUT2D eigenvalue weighted by atomic mass is 35.5. The van der Waals surface area contributed by atoms with Gasteiger partial charge in [0.05, 0.1) is 10.6 Å². The molecule has 0 aliphatic rings. The van der Waals surface area contributed by atoms with Crippen LogP contribution in [-0.4, -0.2) is 15.1 Å². The van der Waals surface area contributed by atoms with E-state index in [1.165, 1.54) is 36.7 Å². The zero-order chi connectivity index (χ0) is 18.0. The summed E-state index contributed by atoms with van der Waals surface area (Å²) in [6, 6.07) is 9.15. The van der Waals surface area contributed by atoms with Crippen molar-refractivity contribution >= 4 is 23.1 Å². The maximum Gasteiger partial charge on any atom is 0.416 e. The lowest BCUT2D eigenvalue weighted by Gasteiger charge is -2.12. The fraction of sp³-hybridized carbons (Fsp3) is 0.0588. The zero-order valence-electron chi connectivity index (χ0n) is 12.5. The molecule has 0 amide bonds. The van der Waals surface area contributed by atoms with Crippen molar-refractivity contribution in [2.45, 2.75) is 6.18 Å². The van der Waals surface area contributed by atoms with Gasteiger partial charge in [-0.15, -0.1) is 0 Å². The fourth-order valence-electron chi connectivity index (χ4n) is 2.17. The lowest BCUT2D eigenvalue weighted by atomic mass is 10.1. The number of hydrogen-bond donors (Lipinski definition) is 2. The molecule has 4 nitrogen and oxygen atoms in total. The third kappa shape index (κ3) is 3.83. The first-order chi connectivity index (χ1) is 11.8. The van der Waals surface area contributed by atoms with Crippen LogP contribution in [0, 0.1) is 0 Å². The van der Waals surface area contributed by atoms with E-state index < -0.39 is 11.7 Å². The Hall–Kier alpha value is -2.80. The predicted molar refractivity (Wildman–Crippen MR) is 88.9 cm³/mol. The first-order valence-electron chi connectivity index (χ1n) is 7.09. The van der Waals surface area contributed by atoms with Crippen molar-refractivity contribution in [1.82, 2.24) is 9.97 Å². The van der Waals surface area contributed by atoms with E-state index in [-0.39, 0.29) is 10.8 Å². The van der Waals surface area contributed by atoms with Gasteiger partial charge in [-0.2, -0.15) is 13.2 Å². The SMILES string of the molecule is Oc1ccc(-c2nccnc2Nc2ccc(C(F)(F)F)cc2)cc1Cl. The number of aromatic nitrogens is 2. The molecule has 0 fully saturated rings. The number of anilines is 2. The van der Waals surface area contributed by atoms with Crippen LogP contribution < -0.4 is 5.32 Å². The number of aromatic hydroxyl groups is 1. The van der Waals surface area contributed by atoms with Crippen LogP contribution >= 0.6 is 11.6 Å². The van der Waals surface area contributed by atoms with Crippen LogP contribution in [-0.2, 0) is 6.18 Å². The minimum absolute atomic E-state index is 0.0634. The molecule has 0 aliphatic carbocycles. The molecule has 0 spiro atoms. The monoisotopic (exact) mass is 365 g/mol. The number of benzene rings is 2. The quantitative estimate of drug-likeness (QED) is 0.664. The standard InChI is InChI=1S/C17H11ClF3N3O/c18-13-9-10(1-6-14(13)25)15-16(23-8-7-22-15)24-12-4-2-11(3-5-12)17(19,20)21/h1-9,25H,(H,23,24). The molecule has 2 aromatic carbocycles. The van der Waals surface area contributed by atoms with E-state index >= 15 is 0 Å². The molecule has 128 valence electrons. The Kier molecular flexibility index (Phi) is 4.50. The molecule has 2 N–H and O–H groups in total. The summed E-state index contributed by atoms with van der Waals surface area (Å²) in [6.07, 6.45) is -1.45.